The molecular formula is C16H21NO3. The molecule has 1 aromatic carbocycles. The molecule has 4 nitrogen and oxygen atoms in total. The predicted octanol–water partition coefficient (Wildman–Crippen LogP) is 3.50. The minimum absolute atomic E-state index is 0.369. The van der Waals surface area contributed by atoms with Gasteiger partial charge in [-0.2, -0.15) is 0 Å². The lowest BCUT2D eigenvalue weighted by molar-refractivity contribution is -0.135. The Kier molecular flexibility index (Phi) is 7.11. The lowest BCUT2D eigenvalue weighted by atomic mass is 10.1. The molecular weight excluding hydrogens is 254 g/mol. The second kappa shape index (κ2) is 8.91. The number of carboxylic acids is 1. The Balaban J connectivity index is 2.39. The van der Waals surface area contributed by atoms with Gasteiger partial charge in [-0.3, -0.25) is 9.59 Å². The molecule has 0 fully saturated rings. The Morgan fingerprint density at radius 1 is 1.15 bits per heavy atom. The molecule has 20 heavy (non-hydrogen) atoms. The van der Waals surface area contributed by atoms with Crippen LogP contribution >= 0.6 is 0 Å². The van der Waals surface area contributed by atoms with Crippen molar-refractivity contribution in [3.05, 3.63) is 42.0 Å². The number of nitrogens with one attached hydrogen (secondary N) is 1. The van der Waals surface area contributed by atoms with Crippen LogP contribution in [0.25, 0.3) is 0 Å². The first-order chi connectivity index (χ1) is 9.63. The number of aliphatic carboxylic acids is 1. The van der Waals surface area contributed by atoms with Crippen LogP contribution in [0.2, 0.25) is 0 Å². The summed E-state index contributed by atoms with van der Waals surface area (Å²) in [4.78, 5) is 22.0. The van der Waals surface area contributed by atoms with Crippen LogP contribution in [-0.2, 0) is 4.79 Å². The topological polar surface area (TPSA) is 66.4 Å². The molecule has 0 saturated heterocycles. The van der Waals surface area contributed by atoms with Gasteiger partial charge in [-0.05, 0) is 37.1 Å². The summed E-state index contributed by atoms with van der Waals surface area (Å²) in [6.45, 7) is 2.98. The van der Waals surface area contributed by atoms with Crippen LogP contribution in [0.1, 0.15) is 43.0 Å². The predicted molar refractivity (Wildman–Crippen MR) is 80.2 cm³/mol. The number of anilines is 1. The van der Waals surface area contributed by atoms with E-state index in [2.05, 4.69) is 24.4 Å². The Bertz CT molecular complexity index is 463. The number of carbonyl (C=O) groups excluding carboxylic acids is 1. The molecule has 0 heterocycles. The Hall–Kier alpha value is -2.10. The maximum Gasteiger partial charge on any atom is 0.311 e. The van der Waals surface area contributed by atoms with Crippen LogP contribution in [0.15, 0.2) is 36.4 Å². The summed E-state index contributed by atoms with van der Waals surface area (Å²) >= 11 is 0. The molecule has 0 bridgehead atoms. The van der Waals surface area contributed by atoms with Crippen molar-refractivity contribution >= 4 is 17.4 Å². The van der Waals surface area contributed by atoms with Gasteiger partial charge in [0.1, 0.15) is 6.42 Å². The number of carbonyl (C=O) groups is 2. The number of hydrogen-bond acceptors (Lipinski definition) is 3. The lowest BCUT2D eigenvalue weighted by Crippen LogP contribution is -2.07. The fraction of sp³-hybridized carbons (Fsp3) is 0.375. The van der Waals surface area contributed by atoms with E-state index < -0.39 is 12.4 Å². The van der Waals surface area contributed by atoms with Crippen molar-refractivity contribution in [1.29, 1.82) is 0 Å². The zero-order valence-electron chi connectivity index (χ0n) is 11.8. The summed E-state index contributed by atoms with van der Waals surface area (Å²) < 4.78 is 0. The van der Waals surface area contributed by atoms with Crippen molar-refractivity contribution in [3.8, 4) is 0 Å². The largest absolute Gasteiger partial charge is 0.481 e. The molecule has 1 aromatic rings. The van der Waals surface area contributed by atoms with Gasteiger partial charge in [0.15, 0.2) is 5.78 Å². The summed E-state index contributed by atoms with van der Waals surface area (Å²) in [7, 11) is 0. The molecule has 108 valence electrons. The highest BCUT2D eigenvalue weighted by Crippen LogP contribution is 2.11. The highest BCUT2D eigenvalue weighted by atomic mass is 16.4. The monoisotopic (exact) mass is 275 g/mol. The van der Waals surface area contributed by atoms with Gasteiger partial charge < -0.3 is 10.4 Å². The highest BCUT2D eigenvalue weighted by molar-refractivity contribution is 6.05. The molecule has 0 aliphatic heterocycles. The van der Waals surface area contributed by atoms with Crippen LogP contribution in [0, 0.1) is 0 Å². The number of rotatable bonds is 9. The van der Waals surface area contributed by atoms with Crippen LogP contribution in [0.4, 0.5) is 5.69 Å². The molecule has 0 spiro atoms. The highest BCUT2D eigenvalue weighted by Gasteiger charge is 2.09. The summed E-state index contributed by atoms with van der Waals surface area (Å²) in [5.74, 6) is -1.47. The molecule has 0 atom stereocenters. The average molecular weight is 275 g/mol. The molecule has 0 unspecified atom stereocenters. The quantitative estimate of drug-likeness (QED) is 0.313. The van der Waals surface area contributed by atoms with E-state index in [9.17, 15) is 9.59 Å². The summed E-state index contributed by atoms with van der Waals surface area (Å²) in [5.41, 5.74) is 1.36. The first-order valence-electron chi connectivity index (χ1n) is 6.87. The zero-order valence-corrected chi connectivity index (χ0v) is 11.8. The molecule has 1 rings (SSSR count). The summed E-state index contributed by atoms with van der Waals surface area (Å²) in [5, 5.41) is 11.8. The van der Waals surface area contributed by atoms with E-state index in [0.29, 0.717) is 5.56 Å². The van der Waals surface area contributed by atoms with E-state index in [1.54, 1.807) is 24.3 Å². The number of allylic oxidation sites excluding steroid dienone is 1. The van der Waals surface area contributed by atoms with E-state index in [4.69, 9.17) is 5.11 Å². The Labute approximate surface area is 119 Å². The van der Waals surface area contributed by atoms with E-state index >= 15 is 0 Å². The third-order valence-corrected chi connectivity index (χ3v) is 2.78. The van der Waals surface area contributed by atoms with Gasteiger partial charge >= 0.3 is 5.97 Å². The van der Waals surface area contributed by atoms with Crippen LogP contribution in [0.3, 0.4) is 0 Å². The van der Waals surface area contributed by atoms with Crippen molar-refractivity contribution in [2.75, 3.05) is 11.9 Å². The smallest absolute Gasteiger partial charge is 0.311 e. The maximum absolute atomic E-state index is 11.5. The van der Waals surface area contributed by atoms with Crippen LogP contribution in [-0.4, -0.2) is 23.4 Å². The Morgan fingerprint density at radius 3 is 2.40 bits per heavy atom. The van der Waals surface area contributed by atoms with E-state index in [1.807, 2.05) is 0 Å². The molecule has 0 amide bonds. The van der Waals surface area contributed by atoms with Crippen molar-refractivity contribution in [2.45, 2.75) is 32.6 Å². The fourth-order valence-electron chi connectivity index (χ4n) is 1.72. The number of unbranched alkanes of at least 4 members (excludes halogenated alkanes) is 1. The number of ketones is 1. The average Bonchev–Trinajstić information content (AvgIpc) is 2.42. The van der Waals surface area contributed by atoms with Gasteiger partial charge in [-0.1, -0.05) is 25.5 Å². The van der Waals surface area contributed by atoms with Crippen molar-refractivity contribution in [1.82, 2.24) is 0 Å². The third-order valence-electron chi connectivity index (χ3n) is 2.78. The molecule has 0 aliphatic rings. The summed E-state index contributed by atoms with van der Waals surface area (Å²) in [6, 6.07) is 6.90. The van der Waals surface area contributed by atoms with Crippen LogP contribution < -0.4 is 5.32 Å². The first kappa shape index (κ1) is 16.0. The van der Waals surface area contributed by atoms with Gasteiger partial charge in [-0.25, -0.2) is 0 Å². The van der Waals surface area contributed by atoms with Gasteiger partial charge in [-0.15, -0.1) is 0 Å². The first-order valence-corrected chi connectivity index (χ1v) is 6.87. The van der Waals surface area contributed by atoms with Crippen LogP contribution in [0.5, 0.6) is 0 Å². The maximum atomic E-state index is 11.5. The van der Waals surface area contributed by atoms with Gasteiger partial charge in [0, 0.05) is 17.8 Å². The standard InChI is InChI=1S/C16H21NO3/c1-2-3-4-5-6-11-17-14-9-7-13(8-10-14)15(18)12-16(19)20/h4-5,7-10,17H,2-3,6,11-12H2,1H3,(H,19,20). The van der Waals surface area contributed by atoms with E-state index in [1.165, 1.54) is 0 Å². The molecule has 0 saturated carbocycles. The molecule has 0 aromatic heterocycles. The zero-order chi connectivity index (χ0) is 14.8. The number of hydrogen-bond donors (Lipinski definition) is 2. The second-order valence-corrected chi connectivity index (χ2v) is 4.55. The summed E-state index contributed by atoms with van der Waals surface area (Å²) in [6.07, 6.45) is 7.10. The minimum Gasteiger partial charge on any atom is -0.481 e. The Morgan fingerprint density at radius 2 is 1.80 bits per heavy atom. The SMILES string of the molecule is CCCC=CCCNc1ccc(C(=O)CC(=O)O)cc1. The number of carboxylic acid groups (broad SMARTS) is 1. The van der Waals surface area contributed by atoms with Gasteiger partial charge in [0.2, 0.25) is 0 Å². The van der Waals surface area contributed by atoms with Crippen molar-refractivity contribution < 1.29 is 14.7 Å². The molecule has 4 heteroatoms. The lowest BCUT2D eigenvalue weighted by Gasteiger charge is -2.05. The molecule has 2 N–H and O–H groups in total. The second-order valence-electron chi connectivity index (χ2n) is 4.55. The minimum atomic E-state index is -1.10. The van der Waals surface area contributed by atoms with E-state index in [-0.39, 0.29) is 5.78 Å². The molecule has 0 radical (unpaired) electrons. The number of Topliss-reactive ketones (excluding diaryl/α,β-unsaturated/α-hetero) is 1. The van der Waals surface area contributed by atoms with Crippen molar-refractivity contribution in [3.63, 3.8) is 0 Å². The van der Waals surface area contributed by atoms with E-state index in [0.717, 1.165) is 31.5 Å². The fourth-order valence-corrected chi connectivity index (χ4v) is 1.72. The van der Waals surface area contributed by atoms with Gasteiger partial charge in [0.25, 0.3) is 0 Å². The van der Waals surface area contributed by atoms with Gasteiger partial charge in [0.05, 0.1) is 0 Å². The molecule has 0 aliphatic carbocycles. The normalized spacial score (nSPS) is 10.7. The third kappa shape index (κ3) is 6.18. The number of benzene rings is 1. The van der Waals surface area contributed by atoms with Crippen molar-refractivity contribution in [2.24, 2.45) is 0 Å².